The quantitative estimate of drug-likeness (QED) is 0.268. The highest BCUT2D eigenvalue weighted by Crippen LogP contribution is 2.37. The van der Waals surface area contributed by atoms with E-state index in [1.54, 1.807) is 0 Å². The normalized spacial score (nSPS) is 12.0. The van der Waals surface area contributed by atoms with Crippen LogP contribution in [0.4, 0.5) is 0 Å². The van der Waals surface area contributed by atoms with Gasteiger partial charge in [0.2, 0.25) is 0 Å². The first-order valence-corrected chi connectivity index (χ1v) is 11.7. The first-order chi connectivity index (χ1) is 17.4. The van der Waals surface area contributed by atoms with Gasteiger partial charge in [-0.1, -0.05) is 72.8 Å². The predicted molar refractivity (Wildman–Crippen MR) is 142 cm³/mol. The zero-order chi connectivity index (χ0) is 22.9. The van der Waals surface area contributed by atoms with Crippen LogP contribution < -0.4 is 0 Å². The van der Waals surface area contributed by atoms with Gasteiger partial charge >= 0.3 is 0 Å². The number of pyridine rings is 1. The summed E-state index contributed by atoms with van der Waals surface area (Å²) in [5.41, 5.74) is 9.30. The minimum atomic E-state index is 0.912. The number of hydrogen-bond donors (Lipinski definition) is 0. The van der Waals surface area contributed by atoms with Gasteiger partial charge < -0.3 is 4.42 Å². The molecule has 0 unspecified atom stereocenters. The molecule has 0 saturated heterocycles. The minimum absolute atomic E-state index is 0.912. The number of hydrogen-bond acceptors (Lipinski definition) is 2. The molecule has 8 aromatic rings. The van der Waals surface area contributed by atoms with E-state index in [2.05, 4.69) is 106 Å². The van der Waals surface area contributed by atoms with Crippen molar-refractivity contribution in [2.75, 3.05) is 0 Å². The molecule has 35 heavy (non-hydrogen) atoms. The second-order valence-electron chi connectivity index (χ2n) is 8.90. The molecule has 0 aliphatic rings. The Kier molecular flexibility index (Phi) is 3.63. The Labute approximate surface area is 200 Å². The van der Waals surface area contributed by atoms with Crippen LogP contribution in [0.1, 0.15) is 0 Å². The highest BCUT2D eigenvalue weighted by molar-refractivity contribution is 6.10. The van der Waals surface area contributed by atoms with Crippen molar-refractivity contribution in [2.45, 2.75) is 0 Å². The van der Waals surface area contributed by atoms with Crippen LogP contribution in [0.3, 0.4) is 0 Å². The number of benzene rings is 4. The van der Waals surface area contributed by atoms with Gasteiger partial charge in [0.25, 0.3) is 0 Å². The van der Waals surface area contributed by atoms with Crippen LogP contribution in [0.2, 0.25) is 0 Å². The van der Waals surface area contributed by atoms with Crippen LogP contribution in [0.5, 0.6) is 0 Å². The van der Waals surface area contributed by atoms with E-state index < -0.39 is 0 Å². The third-order valence-corrected chi connectivity index (χ3v) is 6.94. The number of imidazole rings is 1. The number of rotatable bonds is 2. The maximum absolute atomic E-state index is 6.33. The summed E-state index contributed by atoms with van der Waals surface area (Å²) in [7, 11) is 0. The van der Waals surface area contributed by atoms with E-state index in [1.165, 1.54) is 0 Å². The van der Waals surface area contributed by atoms with Gasteiger partial charge in [0, 0.05) is 33.6 Å². The summed E-state index contributed by atoms with van der Waals surface area (Å²) in [6, 6.07) is 37.9. The van der Waals surface area contributed by atoms with Crippen molar-refractivity contribution in [3.63, 3.8) is 0 Å². The van der Waals surface area contributed by atoms with Crippen molar-refractivity contribution in [3.8, 4) is 16.8 Å². The number of para-hydroxylation sites is 3. The minimum Gasteiger partial charge on any atom is -0.455 e. The number of aromatic nitrogens is 3. The fraction of sp³-hybridized carbons (Fsp3) is 0. The Morgan fingerprint density at radius 1 is 0.657 bits per heavy atom. The van der Waals surface area contributed by atoms with Crippen LogP contribution in [0.25, 0.3) is 66.5 Å². The van der Waals surface area contributed by atoms with Gasteiger partial charge in [0.1, 0.15) is 22.3 Å². The van der Waals surface area contributed by atoms with Crippen LogP contribution in [-0.2, 0) is 0 Å². The lowest BCUT2D eigenvalue weighted by Crippen LogP contribution is -1.97. The Bertz CT molecular complexity index is 2070. The molecule has 0 aliphatic heterocycles. The van der Waals surface area contributed by atoms with Gasteiger partial charge in [0.15, 0.2) is 5.65 Å². The molecule has 4 aromatic heterocycles. The summed E-state index contributed by atoms with van der Waals surface area (Å²) in [5.74, 6) is 0. The van der Waals surface area contributed by atoms with Gasteiger partial charge in [-0.25, -0.2) is 4.98 Å². The van der Waals surface area contributed by atoms with Gasteiger partial charge in [-0.3, -0.25) is 8.97 Å². The first-order valence-electron chi connectivity index (χ1n) is 11.7. The molecule has 0 saturated carbocycles. The topological polar surface area (TPSA) is 35.4 Å². The average molecular weight is 450 g/mol. The standard InChI is InChI=1S/C31H19N3O/c1-3-15-26-25(12-1)29-31(33-18-6-5-17-28(33)32-29)34(26)21-10-7-9-20(19-21)22-13-8-14-24-23-11-2-4-16-27(23)35-30(22)24/h1-19H. The number of fused-ring (bicyclic) bond motifs is 8. The summed E-state index contributed by atoms with van der Waals surface area (Å²) in [6.45, 7) is 0. The second-order valence-corrected chi connectivity index (χ2v) is 8.90. The van der Waals surface area contributed by atoms with E-state index >= 15 is 0 Å². The van der Waals surface area contributed by atoms with E-state index in [0.717, 1.165) is 66.5 Å². The lowest BCUT2D eigenvalue weighted by molar-refractivity contribution is 0.670. The van der Waals surface area contributed by atoms with E-state index in [-0.39, 0.29) is 0 Å². The van der Waals surface area contributed by atoms with Gasteiger partial charge in [-0.05, 0) is 42.0 Å². The van der Waals surface area contributed by atoms with Crippen molar-refractivity contribution in [3.05, 3.63) is 115 Å². The molecule has 0 bridgehead atoms. The Hall–Kier alpha value is -4.83. The molecule has 4 aromatic carbocycles. The molecule has 4 heterocycles. The smallest absolute Gasteiger partial charge is 0.150 e. The molecule has 0 N–H and O–H groups in total. The zero-order valence-electron chi connectivity index (χ0n) is 18.7. The number of nitrogens with zero attached hydrogens (tertiary/aromatic N) is 3. The van der Waals surface area contributed by atoms with Crippen LogP contribution in [0.15, 0.2) is 120 Å². The van der Waals surface area contributed by atoms with Crippen LogP contribution in [0, 0.1) is 0 Å². The third kappa shape index (κ3) is 2.53. The molecule has 0 radical (unpaired) electrons. The largest absolute Gasteiger partial charge is 0.455 e. The van der Waals surface area contributed by atoms with Crippen molar-refractivity contribution in [2.24, 2.45) is 0 Å². The lowest BCUT2D eigenvalue weighted by Gasteiger charge is -2.11. The molecule has 4 heteroatoms. The molecule has 0 aliphatic carbocycles. The summed E-state index contributed by atoms with van der Waals surface area (Å²) >= 11 is 0. The maximum Gasteiger partial charge on any atom is 0.150 e. The highest BCUT2D eigenvalue weighted by atomic mass is 16.3. The predicted octanol–water partition coefficient (Wildman–Crippen LogP) is 8.00. The summed E-state index contributed by atoms with van der Waals surface area (Å²) in [4.78, 5) is 4.96. The molecule has 0 atom stereocenters. The molecule has 0 fully saturated rings. The molecule has 0 spiro atoms. The third-order valence-electron chi connectivity index (χ3n) is 6.94. The highest BCUT2D eigenvalue weighted by Gasteiger charge is 2.18. The fourth-order valence-corrected chi connectivity index (χ4v) is 5.41. The van der Waals surface area contributed by atoms with E-state index in [9.17, 15) is 0 Å². The van der Waals surface area contributed by atoms with Crippen molar-refractivity contribution >= 4 is 49.7 Å². The monoisotopic (exact) mass is 449 g/mol. The van der Waals surface area contributed by atoms with Crippen LogP contribution >= 0.6 is 0 Å². The fourth-order valence-electron chi connectivity index (χ4n) is 5.41. The Balaban J connectivity index is 1.43. The molecule has 8 rings (SSSR count). The summed E-state index contributed by atoms with van der Waals surface area (Å²) in [6.07, 6.45) is 2.08. The number of furan rings is 1. The van der Waals surface area contributed by atoms with E-state index in [4.69, 9.17) is 9.40 Å². The zero-order valence-corrected chi connectivity index (χ0v) is 18.7. The molecule has 164 valence electrons. The average Bonchev–Trinajstić information content (AvgIpc) is 3.57. The second kappa shape index (κ2) is 6.84. The summed E-state index contributed by atoms with van der Waals surface area (Å²) < 4.78 is 10.8. The van der Waals surface area contributed by atoms with Crippen LogP contribution in [-0.4, -0.2) is 14.0 Å². The van der Waals surface area contributed by atoms with Gasteiger partial charge in [-0.15, -0.1) is 0 Å². The van der Waals surface area contributed by atoms with Crippen molar-refractivity contribution < 1.29 is 4.42 Å². The molecule has 4 nitrogen and oxygen atoms in total. The molecular formula is C31H19N3O. The first kappa shape index (κ1) is 18.6. The van der Waals surface area contributed by atoms with E-state index in [0.29, 0.717) is 0 Å². The van der Waals surface area contributed by atoms with Gasteiger partial charge in [0.05, 0.1) is 5.52 Å². The lowest BCUT2D eigenvalue weighted by atomic mass is 10.0. The van der Waals surface area contributed by atoms with Crippen molar-refractivity contribution in [1.29, 1.82) is 0 Å². The molecular weight excluding hydrogens is 430 g/mol. The van der Waals surface area contributed by atoms with Crippen molar-refractivity contribution in [1.82, 2.24) is 14.0 Å². The Morgan fingerprint density at radius 2 is 1.46 bits per heavy atom. The van der Waals surface area contributed by atoms with E-state index in [1.807, 2.05) is 18.2 Å². The molecule has 0 amide bonds. The maximum atomic E-state index is 6.33. The SMILES string of the molecule is c1cc(-c2cccc3c2oc2ccccc23)cc(-n2c3ccccc3c3nc4ccccn4c32)c1. The summed E-state index contributed by atoms with van der Waals surface area (Å²) in [5, 5.41) is 3.43. The van der Waals surface area contributed by atoms with Gasteiger partial charge in [-0.2, -0.15) is 0 Å². The Morgan fingerprint density at radius 3 is 2.43 bits per heavy atom.